The van der Waals surface area contributed by atoms with E-state index in [1.807, 2.05) is 25.1 Å². The zero-order chi connectivity index (χ0) is 20.4. The number of amides is 2. The number of anilines is 1. The second kappa shape index (κ2) is 10.9. The summed E-state index contributed by atoms with van der Waals surface area (Å²) in [5.74, 6) is 0.0756. The molecule has 6 nitrogen and oxygen atoms in total. The van der Waals surface area contributed by atoms with E-state index in [2.05, 4.69) is 5.32 Å². The Morgan fingerprint density at radius 1 is 0.964 bits per heavy atom. The summed E-state index contributed by atoms with van der Waals surface area (Å²) < 4.78 is 5.49. The summed E-state index contributed by atoms with van der Waals surface area (Å²) in [6.45, 7) is 2.59. The van der Waals surface area contributed by atoms with Gasteiger partial charge in [0.1, 0.15) is 5.75 Å². The van der Waals surface area contributed by atoms with Gasteiger partial charge in [-0.25, -0.2) is 0 Å². The fourth-order valence-electron chi connectivity index (χ4n) is 2.54. The molecule has 2 aromatic carbocycles. The second-order valence-electron chi connectivity index (χ2n) is 6.46. The summed E-state index contributed by atoms with van der Waals surface area (Å²) >= 11 is 0. The molecule has 0 spiro atoms. The molecule has 0 fully saturated rings. The molecule has 0 saturated heterocycles. The maximum Gasteiger partial charge on any atom is 0.243 e. The Bertz CT molecular complexity index is 788. The first-order chi connectivity index (χ1) is 13.5. The highest BCUT2D eigenvalue weighted by Crippen LogP contribution is 2.14. The molecule has 0 bridgehead atoms. The van der Waals surface area contributed by atoms with Crippen molar-refractivity contribution in [1.82, 2.24) is 4.90 Å². The summed E-state index contributed by atoms with van der Waals surface area (Å²) in [6.07, 6.45) is 1.07. The van der Waals surface area contributed by atoms with Gasteiger partial charge in [-0.15, -0.1) is 0 Å². The summed E-state index contributed by atoms with van der Waals surface area (Å²) in [6, 6.07) is 16.0. The molecule has 1 N–H and O–H groups in total. The Morgan fingerprint density at radius 3 is 2.29 bits per heavy atom. The van der Waals surface area contributed by atoms with E-state index < -0.39 is 0 Å². The summed E-state index contributed by atoms with van der Waals surface area (Å²) in [7, 11) is 1.55. The molecule has 0 aliphatic carbocycles. The fourth-order valence-corrected chi connectivity index (χ4v) is 2.54. The minimum absolute atomic E-state index is 0.0576. The number of carbonyl (C=O) groups excluding carboxylic acids is 3. The molecule has 28 heavy (non-hydrogen) atoms. The van der Waals surface area contributed by atoms with Crippen LogP contribution in [0.1, 0.15) is 36.5 Å². The van der Waals surface area contributed by atoms with Gasteiger partial charge in [-0.05, 0) is 42.8 Å². The Morgan fingerprint density at radius 2 is 1.64 bits per heavy atom. The van der Waals surface area contributed by atoms with Gasteiger partial charge in [-0.2, -0.15) is 0 Å². The minimum atomic E-state index is -0.281. The summed E-state index contributed by atoms with van der Waals surface area (Å²) in [4.78, 5) is 37.8. The average molecular weight is 382 g/mol. The number of hydrogen-bond donors (Lipinski definition) is 1. The number of benzene rings is 2. The van der Waals surface area contributed by atoms with Gasteiger partial charge >= 0.3 is 0 Å². The molecular weight excluding hydrogens is 356 g/mol. The number of likely N-dealkylation sites (N-methyl/N-ethyl adjacent to an activating group) is 1. The molecule has 0 aliphatic rings. The number of Topliss-reactive ketones (excluding diaryl/α,β-unsaturated/α-hetero) is 1. The minimum Gasteiger partial charge on any atom is -0.494 e. The molecule has 2 aromatic rings. The predicted octanol–water partition coefficient (Wildman–Crippen LogP) is 3.54. The smallest absolute Gasteiger partial charge is 0.243 e. The van der Waals surface area contributed by atoms with E-state index in [4.69, 9.17) is 4.74 Å². The van der Waals surface area contributed by atoms with Crippen LogP contribution in [0.3, 0.4) is 0 Å². The lowest BCUT2D eigenvalue weighted by molar-refractivity contribution is -0.133. The Labute approximate surface area is 165 Å². The van der Waals surface area contributed by atoms with E-state index in [-0.39, 0.29) is 37.0 Å². The summed E-state index contributed by atoms with van der Waals surface area (Å²) in [5, 5.41) is 2.73. The van der Waals surface area contributed by atoms with Crippen molar-refractivity contribution in [3.05, 3.63) is 60.2 Å². The van der Waals surface area contributed by atoms with Crippen LogP contribution in [0.25, 0.3) is 0 Å². The normalized spacial score (nSPS) is 10.2. The van der Waals surface area contributed by atoms with Gasteiger partial charge in [-0.3, -0.25) is 14.4 Å². The second-order valence-corrected chi connectivity index (χ2v) is 6.46. The van der Waals surface area contributed by atoms with Crippen molar-refractivity contribution in [3.63, 3.8) is 0 Å². The van der Waals surface area contributed by atoms with Crippen molar-refractivity contribution in [3.8, 4) is 5.75 Å². The van der Waals surface area contributed by atoms with Gasteiger partial charge in [0.15, 0.2) is 5.78 Å². The van der Waals surface area contributed by atoms with Crippen LogP contribution < -0.4 is 10.1 Å². The molecule has 0 saturated carbocycles. The van der Waals surface area contributed by atoms with Crippen molar-refractivity contribution >= 4 is 23.3 Å². The first kappa shape index (κ1) is 21.2. The molecule has 0 unspecified atom stereocenters. The molecule has 0 atom stereocenters. The van der Waals surface area contributed by atoms with Crippen LogP contribution in [0.5, 0.6) is 5.75 Å². The van der Waals surface area contributed by atoms with Crippen molar-refractivity contribution in [1.29, 1.82) is 0 Å². The topological polar surface area (TPSA) is 75.7 Å². The van der Waals surface area contributed by atoms with E-state index in [1.54, 1.807) is 43.4 Å². The summed E-state index contributed by atoms with van der Waals surface area (Å²) in [5.41, 5.74) is 1.22. The van der Waals surface area contributed by atoms with Crippen LogP contribution in [0.2, 0.25) is 0 Å². The third kappa shape index (κ3) is 6.87. The van der Waals surface area contributed by atoms with Gasteiger partial charge in [-0.1, -0.05) is 25.1 Å². The van der Waals surface area contributed by atoms with E-state index in [1.165, 1.54) is 4.90 Å². The van der Waals surface area contributed by atoms with E-state index >= 15 is 0 Å². The van der Waals surface area contributed by atoms with Crippen molar-refractivity contribution in [2.24, 2.45) is 0 Å². The predicted molar refractivity (Wildman–Crippen MR) is 109 cm³/mol. The maximum absolute atomic E-state index is 12.3. The van der Waals surface area contributed by atoms with Crippen molar-refractivity contribution in [2.75, 3.05) is 25.5 Å². The van der Waals surface area contributed by atoms with Crippen molar-refractivity contribution in [2.45, 2.75) is 26.2 Å². The number of nitrogens with zero attached hydrogens (tertiary/aromatic N) is 1. The zero-order valence-electron chi connectivity index (χ0n) is 16.3. The van der Waals surface area contributed by atoms with Gasteiger partial charge in [0.2, 0.25) is 11.8 Å². The molecular formula is C22H26N2O4. The third-order valence-electron chi connectivity index (χ3n) is 4.08. The van der Waals surface area contributed by atoms with Gasteiger partial charge < -0.3 is 15.0 Å². The molecule has 0 heterocycles. The highest BCUT2D eigenvalue weighted by Gasteiger charge is 2.15. The molecule has 6 heteroatoms. The standard InChI is InChI=1S/C22H26N2O4/c1-3-15-28-19-11-9-17(10-12-19)20(25)13-14-22(27)24(2)16-21(26)23-18-7-5-4-6-8-18/h4-12H,3,13-16H2,1-2H3,(H,23,26). The molecule has 0 aromatic heterocycles. The number of para-hydroxylation sites is 1. The lowest BCUT2D eigenvalue weighted by Crippen LogP contribution is -2.35. The Hall–Kier alpha value is -3.15. The van der Waals surface area contributed by atoms with Crippen LogP contribution in [0, 0.1) is 0 Å². The number of ketones is 1. The number of ether oxygens (including phenoxy) is 1. The van der Waals surface area contributed by atoms with E-state index in [9.17, 15) is 14.4 Å². The third-order valence-corrected chi connectivity index (χ3v) is 4.08. The van der Waals surface area contributed by atoms with Gasteiger partial charge in [0.25, 0.3) is 0 Å². The van der Waals surface area contributed by atoms with Gasteiger partial charge in [0, 0.05) is 31.1 Å². The monoisotopic (exact) mass is 382 g/mol. The lowest BCUT2D eigenvalue weighted by atomic mass is 10.1. The van der Waals surface area contributed by atoms with Crippen LogP contribution in [0.4, 0.5) is 5.69 Å². The van der Waals surface area contributed by atoms with Crippen LogP contribution >= 0.6 is 0 Å². The fraction of sp³-hybridized carbons (Fsp3) is 0.318. The number of carbonyl (C=O) groups is 3. The zero-order valence-corrected chi connectivity index (χ0v) is 16.3. The molecule has 0 aliphatic heterocycles. The number of rotatable bonds is 10. The van der Waals surface area contributed by atoms with Crippen LogP contribution in [-0.4, -0.2) is 42.7 Å². The highest BCUT2D eigenvalue weighted by atomic mass is 16.5. The molecule has 2 rings (SSSR count). The Balaban J connectivity index is 1.77. The van der Waals surface area contributed by atoms with E-state index in [0.29, 0.717) is 17.9 Å². The molecule has 0 radical (unpaired) electrons. The van der Waals surface area contributed by atoms with Gasteiger partial charge in [0.05, 0.1) is 13.2 Å². The lowest BCUT2D eigenvalue weighted by Gasteiger charge is -2.16. The highest BCUT2D eigenvalue weighted by molar-refractivity contribution is 5.99. The number of nitrogens with one attached hydrogen (secondary N) is 1. The van der Waals surface area contributed by atoms with E-state index in [0.717, 1.165) is 12.2 Å². The first-order valence-corrected chi connectivity index (χ1v) is 9.34. The largest absolute Gasteiger partial charge is 0.494 e. The van der Waals surface area contributed by atoms with Crippen LogP contribution in [-0.2, 0) is 9.59 Å². The SMILES string of the molecule is CCCOc1ccc(C(=O)CCC(=O)N(C)CC(=O)Nc2ccccc2)cc1. The molecule has 148 valence electrons. The Kier molecular flexibility index (Phi) is 8.21. The average Bonchev–Trinajstić information content (AvgIpc) is 2.71. The van der Waals surface area contributed by atoms with Crippen LogP contribution in [0.15, 0.2) is 54.6 Å². The number of hydrogen-bond acceptors (Lipinski definition) is 4. The molecule has 2 amide bonds. The maximum atomic E-state index is 12.3. The van der Waals surface area contributed by atoms with Crippen molar-refractivity contribution < 1.29 is 19.1 Å². The first-order valence-electron chi connectivity index (χ1n) is 9.34. The quantitative estimate of drug-likeness (QED) is 0.638.